The monoisotopic (exact) mass is 338 g/mol. The van der Waals surface area contributed by atoms with E-state index in [1.807, 2.05) is 12.1 Å². The van der Waals surface area contributed by atoms with E-state index in [0.717, 1.165) is 18.7 Å². The van der Waals surface area contributed by atoms with Gasteiger partial charge < -0.3 is 10.4 Å². The molecule has 20 heavy (non-hydrogen) atoms. The minimum Gasteiger partial charge on any atom is -0.478 e. The van der Waals surface area contributed by atoms with Crippen LogP contribution >= 0.6 is 15.9 Å². The number of nitrogens with one attached hydrogen (secondary N) is 1. The molecule has 2 atom stereocenters. The van der Waals surface area contributed by atoms with E-state index in [1.165, 1.54) is 25.8 Å². The second-order valence-electron chi connectivity index (χ2n) is 5.61. The van der Waals surface area contributed by atoms with Crippen molar-refractivity contribution in [2.24, 2.45) is 0 Å². The fourth-order valence-electron chi connectivity index (χ4n) is 3.48. The summed E-state index contributed by atoms with van der Waals surface area (Å²) < 4.78 is 0.633. The van der Waals surface area contributed by atoms with Gasteiger partial charge in [0.1, 0.15) is 0 Å². The van der Waals surface area contributed by atoms with E-state index in [2.05, 4.69) is 26.1 Å². The summed E-state index contributed by atoms with van der Waals surface area (Å²) in [6.45, 7) is 2.31. The van der Waals surface area contributed by atoms with Crippen molar-refractivity contribution in [1.82, 2.24) is 4.90 Å². The third kappa shape index (κ3) is 2.56. The fourth-order valence-corrected chi connectivity index (χ4v) is 4.01. The van der Waals surface area contributed by atoms with Gasteiger partial charge in [-0.25, -0.2) is 4.79 Å². The predicted molar refractivity (Wildman–Crippen MR) is 82.3 cm³/mol. The summed E-state index contributed by atoms with van der Waals surface area (Å²) in [5, 5.41) is 12.9. The normalized spacial score (nSPS) is 26.2. The molecule has 0 radical (unpaired) electrons. The molecule has 2 heterocycles. The lowest BCUT2D eigenvalue weighted by Crippen LogP contribution is -2.41. The van der Waals surface area contributed by atoms with Gasteiger partial charge in [-0.3, -0.25) is 4.90 Å². The number of fused-ring (bicyclic) bond motifs is 1. The van der Waals surface area contributed by atoms with E-state index in [9.17, 15) is 9.90 Å². The van der Waals surface area contributed by atoms with E-state index >= 15 is 0 Å². The molecule has 0 aromatic heterocycles. The number of nitrogens with zero attached hydrogens (tertiary/aromatic N) is 1. The number of hydrogen-bond donors (Lipinski definition) is 2. The summed E-state index contributed by atoms with van der Waals surface area (Å²) in [5.41, 5.74) is 1.06. The first-order valence-electron chi connectivity index (χ1n) is 7.19. The van der Waals surface area contributed by atoms with Crippen molar-refractivity contribution in [3.63, 3.8) is 0 Å². The molecule has 3 rings (SSSR count). The average Bonchev–Trinajstić information content (AvgIpc) is 2.82. The molecule has 0 saturated carbocycles. The molecule has 0 aliphatic carbocycles. The van der Waals surface area contributed by atoms with Crippen molar-refractivity contribution < 1.29 is 9.90 Å². The molecule has 2 aliphatic rings. The molecule has 2 fully saturated rings. The van der Waals surface area contributed by atoms with Crippen LogP contribution in [0.25, 0.3) is 0 Å². The van der Waals surface area contributed by atoms with Crippen molar-refractivity contribution in [1.29, 1.82) is 0 Å². The standard InChI is InChI=1S/C15H19BrN2O2/c16-10-4-3-5-12(14(10)15(19)20)17-11-7-9-18-8-2-1-6-13(11)18/h3-5,11,13,17H,1-2,6-9H2,(H,19,20). The van der Waals surface area contributed by atoms with Crippen molar-refractivity contribution in [2.75, 3.05) is 18.4 Å². The molecule has 4 nitrogen and oxygen atoms in total. The van der Waals surface area contributed by atoms with Crippen LogP contribution in [0.3, 0.4) is 0 Å². The summed E-state index contributed by atoms with van der Waals surface area (Å²) >= 11 is 3.33. The van der Waals surface area contributed by atoms with E-state index in [4.69, 9.17) is 0 Å². The van der Waals surface area contributed by atoms with Gasteiger partial charge >= 0.3 is 5.97 Å². The van der Waals surface area contributed by atoms with E-state index in [0.29, 0.717) is 22.1 Å². The molecule has 1 aromatic carbocycles. The number of rotatable bonds is 3. The molecule has 2 N–H and O–H groups in total. The molecular formula is C15H19BrN2O2. The van der Waals surface area contributed by atoms with Gasteiger partial charge in [-0.2, -0.15) is 0 Å². The second kappa shape index (κ2) is 5.74. The maximum atomic E-state index is 11.4. The van der Waals surface area contributed by atoms with Crippen LogP contribution in [0.1, 0.15) is 36.0 Å². The van der Waals surface area contributed by atoms with E-state index < -0.39 is 5.97 Å². The summed E-state index contributed by atoms with van der Waals surface area (Å²) in [5.74, 6) is -0.890. The number of hydrogen-bond acceptors (Lipinski definition) is 3. The summed E-state index contributed by atoms with van der Waals surface area (Å²) in [7, 11) is 0. The molecule has 2 unspecified atom stereocenters. The third-order valence-electron chi connectivity index (χ3n) is 4.42. The first kappa shape index (κ1) is 13.9. The van der Waals surface area contributed by atoms with Gasteiger partial charge in [0.05, 0.1) is 11.3 Å². The van der Waals surface area contributed by atoms with Crippen LogP contribution in [-0.4, -0.2) is 41.1 Å². The highest BCUT2D eigenvalue weighted by molar-refractivity contribution is 9.10. The smallest absolute Gasteiger partial charge is 0.338 e. The summed E-state index contributed by atoms with van der Waals surface area (Å²) in [4.78, 5) is 14.0. The van der Waals surface area contributed by atoms with Gasteiger partial charge in [0.25, 0.3) is 0 Å². The lowest BCUT2D eigenvalue weighted by molar-refractivity contribution is 0.0697. The van der Waals surface area contributed by atoms with Crippen LogP contribution in [0.4, 0.5) is 5.69 Å². The lowest BCUT2D eigenvalue weighted by Gasteiger charge is -2.33. The molecule has 108 valence electrons. The van der Waals surface area contributed by atoms with Crippen LogP contribution in [-0.2, 0) is 0 Å². The Kier molecular flexibility index (Phi) is 3.98. The maximum absolute atomic E-state index is 11.4. The minimum absolute atomic E-state index is 0.335. The Morgan fingerprint density at radius 3 is 2.95 bits per heavy atom. The Bertz CT molecular complexity index is 521. The maximum Gasteiger partial charge on any atom is 0.338 e. The highest BCUT2D eigenvalue weighted by atomic mass is 79.9. The SMILES string of the molecule is O=C(O)c1c(Br)cccc1NC1CCN2CCCCC12. The quantitative estimate of drug-likeness (QED) is 0.888. The van der Waals surface area contributed by atoms with Crippen LogP contribution in [0.2, 0.25) is 0 Å². The van der Waals surface area contributed by atoms with Crippen molar-refractivity contribution in [3.8, 4) is 0 Å². The van der Waals surface area contributed by atoms with Crippen LogP contribution in [0.15, 0.2) is 22.7 Å². The molecule has 5 heteroatoms. The number of carboxylic acid groups (broad SMARTS) is 1. The largest absolute Gasteiger partial charge is 0.478 e. The number of carbonyl (C=O) groups is 1. The van der Waals surface area contributed by atoms with Crippen LogP contribution < -0.4 is 5.32 Å². The summed E-state index contributed by atoms with van der Waals surface area (Å²) in [6.07, 6.45) is 4.88. The van der Waals surface area contributed by atoms with Gasteiger partial charge in [0.15, 0.2) is 0 Å². The molecule has 0 spiro atoms. The molecule has 2 aliphatic heterocycles. The van der Waals surface area contributed by atoms with Crippen molar-refractivity contribution in [2.45, 2.75) is 37.8 Å². The van der Waals surface area contributed by atoms with Crippen molar-refractivity contribution in [3.05, 3.63) is 28.2 Å². The molecular weight excluding hydrogens is 320 g/mol. The van der Waals surface area contributed by atoms with Crippen LogP contribution in [0, 0.1) is 0 Å². The highest BCUT2D eigenvalue weighted by Crippen LogP contribution is 2.32. The zero-order valence-corrected chi connectivity index (χ0v) is 12.9. The lowest BCUT2D eigenvalue weighted by atomic mass is 9.98. The van der Waals surface area contributed by atoms with Crippen LogP contribution in [0.5, 0.6) is 0 Å². The van der Waals surface area contributed by atoms with Crippen molar-refractivity contribution >= 4 is 27.6 Å². The zero-order valence-electron chi connectivity index (χ0n) is 11.3. The number of anilines is 1. The molecule has 1 aromatic rings. The Labute approximate surface area is 127 Å². The first-order valence-corrected chi connectivity index (χ1v) is 7.98. The molecule has 2 saturated heterocycles. The average molecular weight is 339 g/mol. The highest BCUT2D eigenvalue weighted by Gasteiger charge is 2.35. The number of piperidine rings is 1. The second-order valence-corrected chi connectivity index (χ2v) is 6.46. The topological polar surface area (TPSA) is 52.6 Å². The Morgan fingerprint density at radius 2 is 2.15 bits per heavy atom. The van der Waals surface area contributed by atoms with Gasteiger partial charge in [-0.05, 0) is 53.9 Å². The van der Waals surface area contributed by atoms with Gasteiger partial charge in [-0.1, -0.05) is 12.5 Å². The number of benzene rings is 1. The minimum atomic E-state index is -0.890. The predicted octanol–water partition coefficient (Wildman–Crippen LogP) is 3.19. The first-order chi connectivity index (χ1) is 9.66. The van der Waals surface area contributed by atoms with Gasteiger partial charge in [0.2, 0.25) is 0 Å². The summed E-state index contributed by atoms with van der Waals surface area (Å²) in [6, 6.07) is 6.44. The van der Waals surface area contributed by atoms with Gasteiger partial charge in [0, 0.05) is 23.1 Å². The van der Waals surface area contributed by atoms with E-state index in [-0.39, 0.29) is 0 Å². The zero-order chi connectivity index (χ0) is 14.1. The molecule has 0 amide bonds. The Hall–Kier alpha value is -1.07. The number of carboxylic acids is 1. The third-order valence-corrected chi connectivity index (χ3v) is 5.09. The molecule has 0 bridgehead atoms. The number of halogens is 1. The van der Waals surface area contributed by atoms with Gasteiger partial charge in [-0.15, -0.1) is 0 Å². The number of aromatic carboxylic acids is 1. The van der Waals surface area contributed by atoms with E-state index in [1.54, 1.807) is 6.07 Å². The Balaban J connectivity index is 1.81. The fraction of sp³-hybridized carbons (Fsp3) is 0.533. The Morgan fingerprint density at radius 1 is 1.30 bits per heavy atom.